The van der Waals surface area contributed by atoms with Crippen molar-refractivity contribution in [1.29, 1.82) is 0 Å². The topological polar surface area (TPSA) is 54.5 Å². The lowest BCUT2D eigenvalue weighted by molar-refractivity contribution is -0.123. The fourth-order valence-corrected chi connectivity index (χ4v) is 5.99. The van der Waals surface area contributed by atoms with E-state index in [1.54, 1.807) is 24.3 Å². The Morgan fingerprint density at radius 1 is 0.964 bits per heavy atom. The lowest BCUT2D eigenvalue weighted by Crippen LogP contribution is -2.35. The average Bonchev–Trinajstić information content (AvgIpc) is 2.74. The quantitative estimate of drug-likeness (QED) is 0.745. The van der Waals surface area contributed by atoms with Crippen LogP contribution in [0.25, 0.3) is 0 Å². The maximum absolute atomic E-state index is 13.2. The third-order valence-corrected chi connectivity index (χ3v) is 7.82. The van der Waals surface area contributed by atoms with Crippen molar-refractivity contribution in [3.05, 3.63) is 59.7 Å². The largest absolute Gasteiger partial charge is 0.299 e. The number of nitrogens with zero attached hydrogens (tertiary/aromatic N) is 1. The van der Waals surface area contributed by atoms with Crippen molar-refractivity contribution >= 4 is 21.5 Å². The van der Waals surface area contributed by atoms with Gasteiger partial charge in [0.1, 0.15) is 5.78 Å². The zero-order valence-electron chi connectivity index (χ0n) is 16.1. The predicted molar refractivity (Wildman–Crippen MR) is 111 cm³/mol. The molecule has 2 aromatic rings. The molecule has 1 aliphatic carbocycles. The van der Waals surface area contributed by atoms with Crippen molar-refractivity contribution in [2.45, 2.75) is 56.3 Å². The summed E-state index contributed by atoms with van der Waals surface area (Å²) in [5.74, 6) is 0.474. The van der Waals surface area contributed by atoms with Crippen LogP contribution < -0.4 is 4.31 Å². The number of Topliss-reactive ketones (excluding diaryl/α,β-unsaturated/α-hetero) is 1. The second-order valence-corrected chi connectivity index (χ2v) is 9.80. The molecule has 0 saturated heterocycles. The Morgan fingerprint density at radius 2 is 1.71 bits per heavy atom. The number of aryl methyl sites for hydroxylation is 1. The van der Waals surface area contributed by atoms with Crippen LogP contribution in [-0.2, 0) is 27.7 Å². The molecule has 148 valence electrons. The van der Waals surface area contributed by atoms with Crippen LogP contribution in [-0.4, -0.2) is 20.7 Å². The molecule has 4 nitrogen and oxygen atoms in total. The van der Waals surface area contributed by atoms with Crippen LogP contribution in [0.2, 0.25) is 0 Å². The van der Waals surface area contributed by atoms with Gasteiger partial charge < -0.3 is 0 Å². The van der Waals surface area contributed by atoms with Gasteiger partial charge in [-0.05, 0) is 55.0 Å². The van der Waals surface area contributed by atoms with Gasteiger partial charge in [-0.2, -0.15) is 0 Å². The van der Waals surface area contributed by atoms with Gasteiger partial charge in [0.05, 0.1) is 10.6 Å². The molecule has 1 heterocycles. The number of sulfonamides is 1. The van der Waals surface area contributed by atoms with Crippen molar-refractivity contribution in [2.75, 3.05) is 10.8 Å². The number of carbonyl (C=O) groups is 1. The standard InChI is InChI=1S/C23H27NO3S/c25-23(20-8-3-1-4-9-20)17-18-13-14-19-10-7-15-24(22(19)16-18)28(26,27)21-11-5-2-6-12-21/h2,5-6,11-14,16,20H,1,3-4,7-10,15,17H2. The van der Waals surface area contributed by atoms with Crippen molar-refractivity contribution < 1.29 is 13.2 Å². The summed E-state index contributed by atoms with van der Waals surface area (Å²) in [5, 5.41) is 0. The van der Waals surface area contributed by atoms with E-state index >= 15 is 0 Å². The van der Waals surface area contributed by atoms with Crippen molar-refractivity contribution in [3.8, 4) is 0 Å². The molecule has 0 bridgehead atoms. The molecule has 0 N–H and O–H groups in total. The SMILES string of the molecule is O=C(Cc1ccc2c(c1)N(S(=O)(=O)c1ccccc1)CCC2)C1CCCCC1. The number of rotatable bonds is 5. The molecule has 5 heteroatoms. The summed E-state index contributed by atoms with van der Waals surface area (Å²) < 4.78 is 27.9. The normalized spacial score (nSPS) is 17.9. The lowest BCUT2D eigenvalue weighted by atomic mass is 9.84. The van der Waals surface area contributed by atoms with Gasteiger partial charge in [0.15, 0.2) is 0 Å². The molecule has 0 atom stereocenters. The molecule has 1 fully saturated rings. The first-order chi connectivity index (χ1) is 13.6. The molecule has 1 saturated carbocycles. The first kappa shape index (κ1) is 19.2. The average molecular weight is 398 g/mol. The second-order valence-electron chi connectivity index (χ2n) is 7.93. The van der Waals surface area contributed by atoms with Crippen LogP contribution in [0.1, 0.15) is 49.7 Å². The summed E-state index contributed by atoms with van der Waals surface area (Å²) in [5.41, 5.74) is 2.70. The molecule has 2 aromatic carbocycles. The van der Waals surface area contributed by atoms with Crippen LogP contribution in [0, 0.1) is 5.92 Å². The number of ketones is 1. The Bertz CT molecular complexity index is 947. The van der Waals surface area contributed by atoms with Gasteiger partial charge >= 0.3 is 0 Å². The van der Waals surface area contributed by atoms with Crippen LogP contribution in [0.4, 0.5) is 5.69 Å². The van der Waals surface area contributed by atoms with Crippen LogP contribution in [0.5, 0.6) is 0 Å². The molecule has 0 spiro atoms. The Morgan fingerprint density at radius 3 is 2.46 bits per heavy atom. The molecule has 4 rings (SSSR count). The third-order valence-electron chi connectivity index (χ3n) is 6.00. The van der Waals surface area contributed by atoms with Crippen LogP contribution >= 0.6 is 0 Å². The van der Waals surface area contributed by atoms with Crippen LogP contribution in [0.3, 0.4) is 0 Å². The smallest absolute Gasteiger partial charge is 0.264 e. The zero-order chi connectivity index (χ0) is 19.6. The van der Waals surface area contributed by atoms with Crippen molar-refractivity contribution in [3.63, 3.8) is 0 Å². The Labute approximate surface area is 167 Å². The highest BCUT2D eigenvalue weighted by atomic mass is 32.2. The summed E-state index contributed by atoms with van der Waals surface area (Å²) in [6.45, 7) is 0.476. The lowest BCUT2D eigenvalue weighted by Gasteiger charge is -2.31. The number of hydrogen-bond acceptors (Lipinski definition) is 3. The van der Waals surface area contributed by atoms with Crippen molar-refractivity contribution in [1.82, 2.24) is 0 Å². The summed E-state index contributed by atoms with van der Waals surface area (Å²) in [6.07, 6.45) is 7.59. The molecular formula is C23H27NO3S. The van der Waals surface area contributed by atoms with Gasteiger partial charge in [-0.3, -0.25) is 9.10 Å². The third kappa shape index (κ3) is 3.86. The molecule has 0 aromatic heterocycles. The minimum atomic E-state index is -3.59. The van der Waals surface area contributed by atoms with E-state index in [0.29, 0.717) is 23.6 Å². The van der Waals surface area contributed by atoms with E-state index in [1.807, 2.05) is 24.3 Å². The first-order valence-corrected chi connectivity index (χ1v) is 11.7. The number of anilines is 1. The van der Waals surface area contributed by atoms with Gasteiger partial charge in [-0.15, -0.1) is 0 Å². The van der Waals surface area contributed by atoms with Crippen molar-refractivity contribution in [2.24, 2.45) is 5.92 Å². The highest BCUT2D eigenvalue weighted by molar-refractivity contribution is 7.92. The fraction of sp³-hybridized carbons (Fsp3) is 0.435. The Hall–Kier alpha value is -2.14. The molecule has 28 heavy (non-hydrogen) atoms. The molecule has 0 unspecified atom stereocenters. The van der Waals surface area contributed by atoms with E-state index in [1.165, 1.54) is 10.7 Å². The van der Waals surface area contributed by atoms with E-state index in [2.05, 4.69) is 0 Å². The Balaban J connectivity index is 1.61. The van der Waals surface area contributed by atoms with E-state index in [0.717, 1.165) is 55.3 Å². The van der Waals surface area contributed by atoms with Gasteiger partial charge in [-0.25, -0.2) is 8.42 Å². The minimum absolute atomic E-state index is 0.175. The zero-order valence-corrected chi connectivity index (χ0v) is 17.0. The maximum atomic E-state index is 13.2. The van der Waals surface area contributed by atoms with Gasteiger partial charge in [0, 0.05) is 18.9 Å². The van der Waals surface area contributed by atoms with E-state index in [9.17, 15) is 13.2 Å². The maximum Gasteiger partial charge on any atom is 0.264 e. The first-order valence-electron chi connectivity index (χ1n) is 10.3. The van der Waals surface area contributed by atoms with E-state index in [4.69, 9.17) is 0 Å². The number of benzene rings is 2. The summed E-state index contributed by atoms with van der Waals surface area (Å²) in [4.78, 5) is 13.0. The van der Waals surface area contributed by atoms with Gasteiger partial charge in [0.25, 0.3) is 10.0 Å². The highest BCUT2D eigenvalue weighted by Gasteiger charge is 2.29. The second kappa shape index (κ2) is 8.08. The van der Waals surface area contributed by atoms with Gasteiger partial charge in [0.2, 0.25) is 0 Å². The Kier molecular flexibility index (Phi) is 5.54. The minimum Gasteiger partial charge on any atom is -0.299 e. The molecule has 0 radical (unpaired) electrons. The number of carbonyl (C=O) groups excluding carboxylic acids is 1. The molecule has 2 aliphatic rings. The fourth-order valence-electron chi connectivity index (χ4n) is 4.44. The van der Waals surface area contributed by atoms with Crippen LogP contribution in [0.15, 0.2) is 53.4 Å². The molecule has 0 amide bonds. The molecule has 1 aliphatic heterocycles. The van der Waals surface area contributed by atoms with E-state index < -0.39 is 10.0 Å². The summed E-state index contributed by atoms with van der Waals surface area (Å²) >= 11 is 0. The summed E-state index contributed by atoms with van der Waals surface area (Å²) in [7, 11) is -3.59. The number of fused-ring (bicyclic) bond motifs is 1. The monoisotopic (exact) mass is 397 g/mol. The predicted octanol–water partition coefficient (Wildman–Crippen LogP) is 4.52. The molecular weight excluding hydrogens is 370 g/mol. The van der Waals surface area contributed by atoms with Gasteiger partial charge in [-0.1, -0.05) is 49.6 Å². The summed E-state index contributed by atoms with van der Waals surface area (Å²) in [6, 6.07) is 14.5. The van der Waals surface area contributed by atoms with E-state index in [-0.39, 0.29) is 5.92 Å². The number of hydrogen-bond donors (Lipinski definition) is 0. The highest BCUT2D eigenvalue weighted by Crippen LogP contribution is 2.33.